The van der Waals surface area contributed by atoms with Crippen molar-refractivity contribution in [1.29, 1.82) is 0 Å². The minimum Gasteiger partial charge on any atom is -0.380 e. The number of carbonyl (C=O) groups is 1. The molecule has 0 aliphatic carbocycles. The van der Waals surface area contributed by atoms with Crippen LogP contribution in [0.4, 0.5) is 13.2 Å². The van der Waals surface area contributed by atoms with Crippen LogP contribution in [0.3, 0.4) is 0 Å². The fourth-order valence-electron chi connectivity index (χ4n) is 3.48. The van der Waals surface area contributed by atoms with Gasteiger partial charge in [0, 0.05) is 50.1 Å². The van der Waals surface area contributed by atoms with Crippen LogP contribution in [0.15, 0.2) is 36.8 Å². The molecule has 0 aromatic carbocycles. The SMILES string of the molecule is O=C(c1cc2c(cn1)c(Cc1cccnc1)nn2CC(F)(F)F)N1CCCOCC1. The Bertz CT molecular complexity index is 1030. The van der Waals surface area contributed by atoms with Crippen molar-refractivity contribution in [2.24, 2.45) is 0 Å². The maximum absolute atomic E-state index is 13.1. The molecule has 4 heterocycles. The van der Waals surface area contributed by atoms with E-state index >= 15 is 0 Å². The van der Waals surface area contributed by atoms with Gasteiger partial charge in [-0.25, -0.2) is 0 Å². The molecule has 0 unspecified atom stereocenters. The maximum Gasteiger partial charge on any atom is 0.408 e. The molecular formula is C20H20F3N5O2. The highest BCUT2D eigenvalue weighted by molar-refractivity contribution is 5.96. The van der Waals surface area contributed by atoms with Crippen molar-refractivity contribution >= 4 is 16.8 Å². The van der Waals surface area contributed by atoms with E-state index in [0.29, 0.717) is 50.2 Å². The molecule has 4 rings (SSSR count). The predicted octanol–water partition coefficient (Wildman–Crippen LogP) is 2.84. The molecular weight excluding hydrogens is 399 g/mol. The zero-order valence-electron chi connectivity index (χ0n) is 16.1. The van der Waals surface area contributed by atoms with Gasteiger partial charge in [-0.15, -0.1) is 0 Å². The first-order valence-electron chi connectivity index (χ1n) is 9.59. The van der Waals surface area contributed by atoms with Crippen molar-refractivity contribution in [1.82, 2.24) is 24.6 Å². The number of amides is 1. The van der Waals surface area contributed by atoms with E-state index in [4.69, 9.17) is 4.74 Å². The van der Waals surface area contributed by atoms with Crippen molar-refractivity contribution in [3.63, 3.8) is 0 Å². The standard InChI is InChI=1S/C20H20F3N5O2/c21-20(22,23)13-28-18-10-17(19(29)27-5-2-7-30-8-6-27)25-12-15(18)16(26-28)9-14-3-1-4-24-11-14/h1,3-4,10-12H,2,5-9,13H2. The van der Waals surface area contributed by atoms with E-state index in [1.165, 1.54) is 12.3 Å². The summed E-state index contributed by atoms with van der Waals surface area (Å²) in [6.07, 6.45) is 1.27. The molecule has 1 aliphatic heterocycles. The summed E-state index contributed by atoms with van der Waals surface area (Å²) in [6.45, 7) is 0.701. The van der Waals surface area contributed by atoms with Gasteiger partial charge in [-0.2, -0.15) is 18.3 Å². The van der Waals surface area contributed by atoms with E-state index in [0.717, 1.165) is 10.2 Å². The number of carbonyl (C=O) groups excluding carboxylic acids is 1. The van der Waals surface area contributed by atoms with Gasteiger partial charge in [0.05, 0.1) is 17.8 Å². The smallest absolute Gasteiger partial charge is 0.380 e. The lowest BCUT2D eigenvalue weighted by atomic mass is 10.1. The van der Waals surface area contributed by atoms with E-state index in [9.17, 15) is 18.0 Å². The highest BCUT2D eigenvalue weighted by atomic mass is 19.4. The Morgan fingerprint density at radius 1 is 1.20 bits per heavy atom. The van der Waals surface area contributed by atoms with Gasteiger partial charge in [-0.05, 0) is 24.1 Å². The Kier molecular flexibility index (Phi) is 5.67. The Morgan fingerprint density at radius 3 is 2.83 bits per heavy atom. The summed E-state index contributed by atoms with van der Waals surface area (Å²) in [4.78, 5) is 22.7. The number of pyridine rings is 2. The molecule has 0 radical (unpaired) electrons. The normalized spacial score (nSPS) is 15.4. The van der Waals surface area contributed by atoms with Gasteiger partial charge in [0.2, 0.25) is 0 Å². The van der Waals surface area contributed by atoms with Crippen molar-refractivity contribution in [3.8, 4) is 0 Å². The second kappa shape index (κ2) is 8.39. The van der Waals surface area contributed by atoms with E-state index in [-0.39, 0.29) is 17.1 Å². The second-order valence-electron chi connectivity index (χ2n) is 7.10. The van der Waals surface area contributed by atoms with Crippen molar-refractivity contribution < 1.29 is 22.7 Å². The molecule has 0 bridgehead atoms. The Balaban J connectivity index is 1.71. The minimum atomic E-state index is -4.44. The molecule has 0 spiro atoms. The lowest BCUT2D eigenvalue weighted by Crippen LogP contribution is -2.33. The highest BCUT2D eigenvalue weighted by Crippen LogP contribution is 2.25. The summed E-state index contributed by atoms with van der Waals surface area (Å²) < 4.78 is 45.6. The Labute approximate surface area is 170 Å². The van der Waals surface area contributed by atoms with Gasteiger partial charge in [0.25, 0.3) is 5.91 Å². The Hall–Kier alpha value is -3.01. The van der Waals surface area contributed by atoms with Gasteiger partial charge >= 0.3 is 6.18 Å². The summed E-state index contributed by atoms with van der Waals surface area (Å²) in [6, 6.07) is 4.98. The van der Waals surface area contributed by atoms with Crippen molar-refractivity contribution in [3.05, 3.63) is 53.7 Å². The molecule has 1 fully saturated rings. The van der Waals surface area contributed by atoms with Gasteiger partial charge < -0.3 is 9.64 Å². The molecule has 7 nitrogen and oxygen atoms in total. The van der Waals surface area contributed by atoms with Crippen molar-refractivity contribution in [2.75, 3.05) is 26.3 Å². The second-order valence-corrected chi connectivity index (χ2v) is 7.10. The van der Waals surface area contributed by atoms with Crippen LogP contribution in [0.2, 0.25) is 0 Å². The van der Waals surface area contributed by atoms with Crippen LogP contribution >= 0.6 is 0 Å². The number of aromatic nitrogens is 4. The van der Waals surface area contributed by atoms with Crippen LogP contribution in [-0.4, -0.2) is 63.0 Å². The van der Waals surface area contributed by atoms with Gasteiger partial charge in [0.1, 0.15) is 12.2 Å². The van der Waals surface area contributed by atoms with E-state index in [2.05, 4.69) is 15.1 Å². The number of rotatable bonds is 4. The Morgan fingerprint density at radius 2 is 2.07 bits per heavy atom. The molecule has 30 heavy (non-hydrogen) atoms. The molecule has 3 aromatic rings. The average Bonchev–Trinajstić information content (AvgIpc) is 2.89. The van der Waals surface area contributed by atoms with Crippen LogP contribution < -0.4 is 0 Å². The zero-order valence-corrected chi connectivity index (χ0v) is 16.1. The first kappa shape index (κ1) is 20.3. The van der Waals surface area contributed by atoms with Crippen LogP contribution in [-0.2, 0) is 17.7 Å². The predicted molar refractivity (Wildman–Crippen MR) is 102 cm³/mol. The lowest BCUT2D eigenvalue weighted by Gasteiger charge is -2.19. The first-order valence-corrected chi connectivity index (χ1v) is 9.59. The molecule has 0 saturated carbocycles. The van der Waals surface area contributed by atoms with Crippen LogP contribution in [0.25, 0.3) is 10.9 Å². The zero-order chi connectivity index (χ0) is 21.1. The third-order valence-corrected chi connectivity index (χ3v) is 4.86. The van der Waals surface area contributed by atoms with Gasteiger partial charge in [0.15, 0.2) is 0 Å². The summed E-state index contributed by atoms with van der Waals surface area (Å²) in [5.41, 5.74) is 1.61. The number of nitrogens with zero attached hydrogens (tertiary/aromatic N) is 5. The van der Waals surface area contributed by atoms with E-state index in [1.807, 2.05) is 6.07 Å². The maximum atomic E-state index is 13.1. The number of fused-ring (bicyclic) bond motifs is 1. The number of alkyl halides is 3. The summed E-state index contributed by atoms with van der Waals surface area (Å²) >= 11 is 0. The van der Waals surface area contributed by atoms with Crippen LogP contribution in [0.1, 0.15) is 28.2 Å². The van der Waals surface area contributed by atoms with Crippen LogP contribution in [0.5, 0.6) is 0 Å². The number of halogens is 3. The molecule has 0 N–H and O–H groups in total. The molecule has 158 valence electrons. The number of hydrogen-bond donors (Lipinski definition) is 0. The van der Waals surface area contributed by atoms with Gasteiger partial charge in [-0.1, -0.05) is 6.07 Å². The van der Waals surface area contributed by atoms with E-state index < -0.39 is 12.7 Å². The van der Waals surface area contributed by atoms with E-state index in [1.54, 1.807) is 23.4 Å². The summed E-state index contributed by atoms with van der Waals surface area (Å²) in [5.74, 6) is -0.323. The average molecular weight is 419 g/mol. The molecule has 3 aromatic heterocycles. The summed E-state index contributed by atoms with van der Waals surface area (Å²) in [7, 11) is 0. The molecule has 1 aliphatic rings. The third-order valence-electron chi connectivity index (χ3n) is 4.86. The van der Waals surface area contributed by atoms with Crippen LogP contribution in [0, 0.1) is 0 Å². The minimum absolute atomic E-state index is 0.0978. The third kappa shape index (κ3) is 4.59. The van der Waals surface area contributed by atoms with Gasteiger partial charge in [-0.3, -0.25) is 19.4 Å². The quantitative estimate of drug-likeness (QED) is 0.650. The van der Waals surface area contributed by atoms with Crippen molar-refractivity contribution in [2.45, 2.75) is 25.6 Å². The topological polar surface area (TPSA) is 73.1 Å². The lowest BCUT2D eigenvalue weighted by molar-refractivity contribution is -0.141. The molecule has 0 atom stereocenters. The molecule has 1 saturated heterocycles. The monoisotopic (exact) mass is 419 g/mol. The number of hydrogen-bond acceptors (Lipinski definition) is 5. The fourth-order valence-corrected chi connectivity index (χ4v) is 3.48. The molecule has 10 heteroatoms. The first-order chi connectivity index (χ1) is 14.4. The molecule has 1 amide bonds. The highest BCUT2D eigenvalue weighted by Gasteiger charge is 2.30. The fraction of sp³-hybridized carbons (Fsp3) is 0.400. The largest absolute Gasteiger partial charge is 0.408 e. The summed E-state index contributed by atoms with van der Waals surface area (Å²) in [5, 5.41) is 4.67. The number of ether oxygens (including phenoxy) is 1.